The fourth-order valence-corrected chi connectivity index (χ4v) is 14.4. The number of aliphatic hydroxyl groups is 16. The second-order valence-electron chi connectivity index (χ2n) is 29.4. The van der Waals surface area contributed by atoms with E-state index in [1.807, 2.05) is 6.08 Å². The highest BCUT2D eigenvalue weighted by molar-refractivity contribution is 5.83. The molecule has 35 nitrogen and oxygen atoms in total. The maximum Gasteiger partial charge on any atom is 0.303 e. The number of aliphatic hydroxyl groups excluding tert-OH is 16. The average molecular weight is 1560 g/mol. The van der Waals surface area contributed by atoms with Crippen LogP contribution in [0.2, 0.25) is 0 Å². The minimum Gasteiger partial charge on any atom is -0.394 e. The van der Waals surface area contributed by atoms with Gasteiger partial charge in [0.05, 0.1) is 63.9 Å². The first-order valence-corrected chi connectivity index (χ1v) is 39.3. The van der Waals surface area contributed by atoms with Crippen LogP contribution in [-0.4, -0.2) is 321 Å². The number of amides is 4. The number of unbranched alkanes of at least 4 members (excludes halogenated alkanes) is 25. The van der Waals surface area contributed by atoms with E-state index in [2.05, 4.69) is 29.8 Å². The lowest BCUT2D eigenvalue weighted by atomic mass is 9.87. The van der Waals surface area contributed by atoms with Crippen molar-refractivity contribution in [2.75, 3.05) is 39.6 Å². The van der Waals surface area contributed by atoms with Crippen LogP contribution in [-0.2, 0) is 66.5 Å². The smallest absolute Gasteiger partial charge is 0.303 e. The molecule has 28 atom stereocenters. The summed E-state index contributed by atoms with van der Waals surface area (Å²) in [5, 5.41) is 197. The fraction of sp³-hybridized carbons (Fsp3) is 0.918. The number of carbonyl (C=O) groups is 4. The highest BCUT2D eigenvalue weighted by Crippen LogP contribution is 2.41. The predicted molar refractivity (Wildman–Crippen MR) is 381 cm³/mol. The van der Waals surface area contributed by atoms with Gasteiger partial charge in [0.15, 0.2) is 25.2 Å². The number of hydroxylamine groups is 1. The molecule has 4 amide bonds. The summed E-state index contributed by atoms with van der Waals surface area (Å²) in [4.78, 5) is 53.5. The molecule has 5 heterocycles. The van der Waals surface area contributed by atoms with Gasteiger partial charge in [0.25, 0.3) is 5.79 Å². The maximum atomic E-state index is 14.3. The molecule has 5 saturated heterocycles. The van der Waals surface area contributed by atoms with Gasteiger partial charge in [0, 0.05) is 26.7 Å². The first kappa shape index (κ1) is 95.1. The third-order valence-electron chi connectivity index (χ3n) is 20.7. The van der Waals surface area contributed by atoms with Crippen LogP contribution >= 0.6 is 0 Å². The lowest BCUT2D eigenvalue weighted by Crippen LogP contribution is -2.73. The molecule has 35 heteroatoms. The van der Waals surface area contributed by atoms with Gasteiger partial charge < -0.3 is 145 Å². The normalized spacial score (nSPS) is 34.4. The molecule has 0 radical (unpaired) electrons. The molecule has 0 aromatic carbocycles. The number of hydrogen-bond donors (Lipinski definition) is 21. The van der Waals surface area contributed by atoms with Crippen LogP contribution in [0.1, 0.15) is 214 Å². The van der Waals surface area contributed by atoms with Crippen molar-refractivity contribution >= 4 is 23.6 Å². The van der Waals surface area contributed by atoms with E-state index >= 15 is 0 Å². The molecule has 0 aromatic rings. The molecular weight excluding hydrogens is 1430 g/mol. The van der Waals surface area contributed by atoms with Crippen LogP contribution in [0, 0.1) is 0 Å². The first-order valence-electron chi connectivity index (χ1n) is 39.3. The third-order valence-corrected chi connectivity index (χ3v) is 20.7. The maximum absolute atomic E-state index is 14.3. The van der Waals surface area contributed by atoms with Crippen LogP contribution in [0.4, 0.5) is 0 Å². The number of rotatable bonds is 52. The minimum absolute atomic E-state index is 0.133. The Labute approximate surface area is 633 Å². The van der Waals surface area contributed by atoms with E-state index in [1.165, 1.54) is 108 Å². The standard InChI is InChI=1S/C73H132N4O31/c1-5-7-9-11-13-15-17-19-20-22-24-26-28-30-32-34-52(88)76-44(45(85)33-31-29-27-25-23-21-18-16-14-12-10-8-6-2)41-99-69-61(95)59(93)63(50(39-81)102-69)104-71-62(96)67(108-73(72(97)77-98)35-46(86)53(74-42(3)83)66(107-73)55(89)47(87)36-78)64(51(40-82)103-71)105-68-54(75-43(4)84)65(57(91)49(38-80)100-68)106-70-60(94)58(92)56(90)48(37-79)101-70/h31,33,44-51,53-71,78-82,85-87,89-96,98H,5-30,32,34-41H2,1-4H3,(H,74,83)(H,75,84)(H,76,88)(H,77,97)/b33-31+/t44-,45+,46+,47+,48?,49?,50-,51?,53+,54?,55+,56-,57-,58-,59?,60?,61?,62?,63+,64-,65+,66?,67+,68-,69+,70-,71-,73-/m0/s1. The Morgan fingerprint density at radius 1 is 0.491 bits per heavy atom. The van der Waals surface area contributed by atoms with Crippen molar-refractivity contribution in [3.05, 3.63) is 12.2 Å². The molecule has 0 bridgehead atoms. The lowest BCUT2D eigenvalue weighted by Gasteiger charge is -2.53. The van der Waals surface area contributed by atoms with Gasteiger partial charge in [-0.2, -0.15) is 0 Å². The molecule has 9 unspecified atom stereocenters. The predicted octanol–water partition coefficient (Wildman–Crippen LogP) is -1.62. The highest BCUT2D eigenvalue weighted by Gasteiger charge is 2.62. The monoisotopic (exact) mass is 1560 g/mol. The van der Waals surface area contributed by atoms with Crippen molar-refractivity contribution < 1.29 is 153 Å². The van der Waals surface area contributed by atoms with Crippen molar-refractivity contribution in [3.8, 4) is 0 Å². The van der Waals surface area contributed by atoms with Crippen molar-refractivity contribution in [2.45, 2.75) is 385 Å². The van der Waals surface area contributed by atoms with Gasteiger partial charge in [-0.15, -0.1) is 0 Å². The summed E-state index contributed by atoms with van der Waals surface area (Å²) >= 11 is 0. The summed E-state index contributed by atoms with van der Waals surface area (Å²) in [6.45, 7) is 0.310. The van der Waals surface area contributed by atoms with Crippen molar-refractivity contribution in [1.29, 1.82) is 0 Å². The van der Waals surface area contributed by atoms with Crippen molar-refractivity contribution in [3.63, 3.8) is 0 Å². The van der Waals surface area contributed by atoms with Gasteiger partial charge in [-0.1, -0.05) is 180 Å². The van der Waals surface area contributed by atoms with Gasteiger partial charge in [-0.25, -0.2) is 5.48 Å². The Morgan fingerprint density at radius 2 is 0.935 bits per heavy atom. The largest absolute Gasteiger partial charge is 0.394 e. The Bertz CT molecular complexity index is 2520. The first-order chi connectivity index (χ1) is 51.8. The third kappa shape index (κ3) is 29.1. The van der Waals surface area contributed by atoms with E-state index in [0.717, 1.165) is 71.6 Å². The molecule has 0 aliphatic carbocycles. The van der Waals surface area contributed by atoms with Crippen LogP contribution < -0.4 is 21.4 Å². The summed E-state index contributed by atoms with van der Waals surface area (Å²) in [6, 6.07) is -4.81. The Morgan fingerprint density at radius 3 is 1.45 bits per heavy atom. The fourth-order valence-electron chi connectivity index (χ4n) is 14.4. The molecule has 21 N–H and O–H groups in total. The average Bonchev–Trinajstić information content (AvgIpc) is 0.745. The lowest BCUT2D eigenvalue weighted by molar-refractivity contribution is -0.402. The highest BCUT2D eigenvalue weighted by atomic mass is 16.8. The Kier molecular flexibility index (Phi) is 44.7. The minimum atomic E-state index is -3.29. The van der Waals surface area contributed by atoms with E-state index in [9.17, 15) is 106 Å². The molecule has 630 valence electrons. The molecule has 5 aliphatic rings. The molecule has 0 saturated carbocycles. The summed E-state index contributed by atoms with van der Waals surface area (Å²) in [5.74, 6) is -7.22. The van der Waals surface area contributed by atoms with Gasteiger partial charge in [0.2, 0.25) is 17.7 Å². The Balaban J connectivity index is 1.41. The molecule has 5 rings (SSSR count). The molecule has 5 aliphatic heterocycles. The van der Waals surface area contributed by atoms with Crippen LogP contribution in [0.3, 0.4) is 0 Å². The van der Waals surface area contributed by atoms with E-state index < -0.39 is 235 Å². The van der Waals surface area contributed by atoms with E-state index in [0.29, 0.717) is 12.8 Å². The summed E-state index contributed by atoms with van der Waals surface area (Å²) in [5.41, 5.74) is 1.28. The van der Waals surface area contributed by atoms with Gasteiger partial charge in [-0.3, -0.25) is 24.4 Å². The van der Waals surface area contributed by atoms with Crippen molar-refractivity contribution in [2.24, 2.45) is 0 Å². The number of carbonyl (C=O) groups excluding carboxylic acids is 4. The summed E-state index contributed by atoms with van der Waals surface area (Å²) < 4.78 is 60.4. The van der Waals surface area contributed by atoms with Gasteiger partial charge in [0.1, 0.15) is 116 Å². The van der Waals surface area contributed by atoms with Crippen LogP contribution in [0.25, 0.3) is 0 Å². The molecule has 0 aromatic heterocycles. The zero-order valence-corrected chi connectivity index (χ0v) is 63.3. The molecule has 0 spiro atoms. The SMILES string of the molecule is CCCCCCCCCCCCC/C=C/[C@@H](O)[C@H](CO[C@@H]1O[C@@H](CO)[C@@H](O[C@@H]2OC(CO)[C@H](O[C@@H]3OC(CO)[C@H](O)[C@H](O[C@@H]4OC(CO)[C@H](O)[C@H](O)C4O)C3NC(C)=O)[C@H](O[C@]3(C(=O)NO)C[C@@H](O)[C@@H](NC(C)=O)C([C@H](O)[C@H](O)CO)O3)C2O)C(O)C1O)NC(=O)CCCCCCCCCCCCCCCCC. The van der Waals surface area contributed by atoms with Gasteiger partial charge >= 0.3 is 5.91 Å². The number of hydrogen-bond acceptors (Lipinski definition) is 31. The second-order valence-corrected chi connectivity index (χ2v) is 29.4. The van der Waals surface area contributed by atoms with Crippen molar-refractivity contribution in [1.82, 2.24) is 21.4 Å². The van der Waals surface area contributed by atoms with E-state index in [4.69, 9.17) is 47.4 Å². The van der Waals surface area contributed by atoms with E-state index in [1.54, 1.807) is 6.08 Å². The van der Waals surface area contributed by atoms with Crippen LogP contribution in [0.15, 0.2) is 12.2 Å². The quantitative estimate of drug-likeness (QED) is 0.0141. The molecular formula is C73H132N4O31. The summed E-state index contributed by atoms with van der Waals surface area (Å²) in [6.07, 6.45) is -16.8. The second kappa shape index (κ2) is 50.7. The molecule has 108 heavy (non-hydrogen) atoms. The number of ether oxygens (including phenoxy) is 10. The van der Waals surface area contributed by atoms with Crippen LogP contribution in [0.5, 0.6) is 0 Å². The number of nitrogens with one attached hydrogen (secondary N) is 4. The van der Waals surface area contributed by atoms with E-state index in [-0.39, 0.29) is 12.3 Å². The van der Waals surface area contributed by atoms with Gasteiger partial charge in [-0.05, 0) is 19.3 Å². The molecule has 5 fully saturated rings. The zero-order chi connectivity index (χ0) is 79.5. The topological polar surface area (TPSA) is 553 Å². The zero-order valence-electron chi connectivity index (χ0n) is 63.3. The Hall–Kier alpha value is -3.46. The number of allylic oxidation sites excluding steroid dienone is 1. The summed E-state index contributed by atoms with van der Waals surface area (Å²) in [7, 11) is 0.